The third kappa shape index (κ3) is 5.66. The molecule has 0 saturated carbocycles. The molecule has 1 aliphatic carbocycles. The summed E-state index contributed by atoms with van der Waals surface area (Å²) in [7, 11) is 1.68. The van der Waals surface area contributed by atoms with Gasteiger partial charge in [-0.05, 0) is 53.5 Å². The van der Waals surface area contributed by atoms with Gasteiger partial charge in [-0.2, -0.15) is 0 Å². The van der Waals surface area contributed by atoms with Gasteiger partial charge in [-0.25, -0.2) is 0 Å². The average Bonchev–Trinajstić information content (AvgIpc) is 3.56. The van der Waals surface area contributed by atoms with E-state index in [9.17, 15) is 0 Å². The fourth-order valence-corrected chi connectivity index (χ4v) is 6.76. The number of dihydropyridines is 1. The number of amidine groups is 1. The molecule has 0 aromatic heterocycles. The number of thioether (sulfide) groups is 1. The Morgan fingerprint density at radius 1 is 0.927 bits per heavy atom. The van der Waals surface area contributed by atoms with Crippen molar-refractivity contribution in [2.24, 2.45) is 4.99 Å². The zero-order chi connectivity index (χ0) is 29.0. The molecule has 0 saturated heterocycles. The molecule has 2 atom stereocenters. The maximum absolute atomic E-state index is 5.14. The number of hydrogen-bond donors (Lipinski definition) is 3. The predicted molar refractivity (Wildman–Crippen MR) is 174 cm³/mol. The summed E-state index contributed by atoms with van der Waals surface area (Å²) in [5.74, 6) is 1.92. The quantitative estimate of drug-likeness (QED) is 0.302. The maximum atomic E-state index is 5.14. The Kier molecular flexibility index (Phi) is 8.60. The van der Waals surface area contributed by atoms with Gasteiger partial charge in [0.15, 0.2) is 0 Å². The molecule has 41 heavy (non-hydrogen) atoms. The first-order chi connectivity index (χ1) is 20.0. The van der Waals surface area contributed by atoms with Crippen LogP contribution in [0.1, 0.15) is 50.4 Å². The van der Waals surface area contributed by atoms with Crippen LogP contribution in [0.15, 0.2) is 118 Å². The van der Waals surface area contributed by atoms with Crippen molar-refractivity contribution in [1.29, 1.82) is 0 Å². The number of aliphatic imine (C=N–C) groups is 1. The number of methoxy groups -OCH3 is 1. The van der Waals surface area contributed by atoms with Crippen molar-refractivity contribution in [3.63, 3.8) is 0 Å². The van der Waals surface area contributed by atoms with Gasteiger partial charge in [-0.1, -0.05) is 100 Å². The maximum Gasteiger partial charge on any atom is 0.130 e. The molecule has 0 fully saturated rings. The lowest BCUT2D eigenvalue weighted by atomic mass is 9.82. The summed E-state index contributed by atoms with van der Waals surface area (Å²) in [4.78, 5) is 6.44. The molecule has 6 heteroatoms. The highest BCUT2D eigenvalue weighted by molar-refractivity contribution is 8.00. The highest BCUT2D eigenvalue weighted by Crippen LogP contribution is 2.51. The van der Waals surface area contributed by atoms with E-state index in [4.69, 9.17) is 9.73 Å². The summed E-state index contributed by atoms with van der Waals surface area (Å²) in [6.45, 7) is 11.4. The number of benzene rings is 3. The zero-order valence-corrected chi connectivity index (χ0v) is 25.6. The van der Waals surface area contributed by atoms with Crippen LogP contribution in [0.5, 0.6) is 5.75 Å². The van der Waals surface area contributed by atoms with Crippen LogP contribution >= 0.6 is 11.8 Å². The number of fused-ring (bicyclic) bond motifs is 4. The molecule has 3 aliphatic heterocycles. The Balaban J connectivity index is 0.000000262. The number of aryl methyl sites for hydroxylation is 1. The summed E-state index contributed by atoms with van der Waals surface area (Å²) in [5.41, 5.74) is 8.86. The Hall–Kier alpha value is -3.90. The van der Waals surface area contributed by atoms with Crippen LogP contribution in [0.25, 0.3) is 0 Å². The number of allylic oxidation sites excluding steroid dienone is 2. The van der Waals surface area contributed by atoms with E-state index in [0.717, 1.165) is 18.1 Å². The van der Waals surface area contributed by atoms with Crippen LogP contribution in [0, 0.1) is 6.92 Å². The van der Waals surface area contributed by atoms with Gasteiger partial charge in [0, 0.05) is 40.0 Å². The van der Waals surface area contributed by atoms with Gasteiger partial charge in [0.05, 0.1) is 7.11 Å². The second-order valence-corrected chi connectivity index (χ2v) is 11.8. The van der Waals surface area contributed by atoms with Crippen molar-refractivity contribution in [3.05, 3.63) is 125 Å². The standard InChI is InChI=1S/C25H24N4S.C8H10O.C2H6/c1-25(2)17-8-4-3-7-16(17)22-18(25)14-27-23(29-22)15-11-12-20(26-13-15)24-28-19-9-5-6-10-21(19)30-24;1-7-5-3-4-6-8(7)9-2;1-2/h3-12,14,22,24,26,28H,13H2,1-2H3,(H,27,29);3-6H,1-2H3;1-2H3. The lowest BCUT2D eigenvalue weighted by Crippen LogP contribution is -2.35. The number of para-hydroxylation sites is 2. The largest absolute Gasteiger partial charge is 0.496 e. The molecule has 0 amide bonds. The van der Waals surface area contributed by atoms with Crippen molar-refractivity contribution in [1.82, 2.24) is 10.6 Å². The van der Waals surface area contributed by atoms with Crippen LogP contribution in [0.2, 0.25) is 0 Å². The van der Waals surface area contributed by atoms with Crippen molar-refractivity contribution in [2.75, 3.05) is 19.0 Å². The molecular formula is C35H40N4OS. The van der Waals surface area contributed by atoms with Crippen LogP contribution in [-0.4, -0.2) is 24.9 Å². The topological polar surface area (TPSA) is 57.7 Å². The van der Waals surface area contributed by atoms with Crippen molar-refractivity contribution in [3.8, 4) is 5.75 Å². The highest BCUT2D eigenvalue weighted by Gasteiger charge is 2.43. The van der Waals surface area contributed by atoms with Crippen LogP contribution in [0.4, 0.5) is 5.69 Å². The van der Waals surface area contributed by atoms with Crippen molar-refractivity contribution < 1.29 is 4.74 Å². The molecule has 3 aromatic rings. The van der Waals surface area contributed by atoms with Crippen LogP contribution in [0.3, 0.4) is 0 Å². The predicted octanol–water partition coefficient (Wildman–Crippen LogP) is 7.89. The normalized spacial score (nSPS) is 20.6. The van der Waals surface area contributed by atoms with Crippen molar-refractivity contribution >= 4 is 23.3 Å². The molecule has 3 aromatic carbocycles. The number of rotatable bonds is 3. The Morgan fingerprint density at radius 2 is 1.66 bits per heavy atom. The van der Waals surface area contributed by atoms with Gasteiger partial charge in [-0.3, -0.25) is 4.99 Å². The second kappa shape index (κ2) is 12.3. The second-order valence-electron chi connectivity index (χ2n) is 10.6. The number of nitrogens with zero attached hydrogens (tertiary/aromatic N) is 1. The molecular weight excluding hydrogens is 524 g/mol. The minimum Gasteiger partial charge on any atom is -0.496 e. The summed E-state index contributed by atoms with van der Waals surface area (Å²) >= 11 is 1.86. The molecule has 5 nitrogen and oxygen atoms in total. The van der Waals surface area contributed by atoms with Gasteiger partial charge >= 0.3 is 0 Å². The SMILES string of the molecule is CC.CC1(C)C2=CNC(C3=CC=C(C4Nc5ccccc5S4)NC3)=NC2c2ccccc21.COc1ccccc1C. The lowest BCUT2D eigenvalue weighted by molar-refractivity contribution is 0.411. The van der Waals surface area contributed by atoms with Gasteiger partial charge in [0.1, 0.15) is 23.0 Å². The van der Waals surface area contributed by atoms with Crippen LogP contribution < -0.4 is 20.7 Å². The van der Waals surface area contributed by atoms with E-state index in [1.165, 1.54) is 44.1 Å². The summed E-state index contributed by atoms with van der Waals surface area (Å²) in [6, 6.07) is 25.2. The van der Waals surface area contributed by atoms with E-state index < -0.39 is 0 Å². The van der Waals surface area contributed by atoms with E-state index in [1.54, 1.807) is 7.11 Å². The smallest absolute Gasteiger partial charge is 0.130 e. The Morgan fingerprint density at radius 3 is 2.37 bits per heavy atom. The summed E-state index contributed by atoms with van der Waals surface area (Å²) in [6.07, 6.45) is 6.57. The third-order valence-corrected chi connectivity index (χ3v) is 9.05. The van der Waals surface area contributed by atoms with Gasteiger partial charge in [0.25, 0.3) is 0 Å². The van der Waals surface area contributed by atoms with E-state index >= 15 is 0 Å². The molecule has 0 radical (unpaired) electrons. The van der Waals surface area contributed by atoms with Gasteiger partial charge in [0.2, 0.25) is 0 Å². The molecule has 0 bridgehead atoms. The number of nitrogens with one attached hydrogen (secondary N) is 3. The first-order valence-corrected chi connectivity index (χ1v) is 15.2. The Labute approximate surface area is 248 Å². The molecule has 7 rings (SSSR count). The van der Waals surface area contributed by atoms with Gasteiger partial charge in [-0.15, -0.1) is 0 Å². The van der Waals surface area contributed by atoms with E-state index in [-0.39, 0.29) is 16.8 Å². The van der Waals surface area contributed by atoms with Gasteiger partial charge < -0.3 is 20.7 Å². The molecule has 3 heterocycles. The first kappa shape index (κ1) is 28.6. The average molecular weight is 565 g/mol. The third-order valence-electron chi connectivity index (χ3n) is 7.83. The molecule has 0 spiro atoms. The number of hydrogen-bond acceptors (Lipinski definition) is 6. The van der Waals surface area contributed by atoms with E-state index in [1.807, 2.05) is 56.8 Å². The van der Waals surface area contributed by atoms with E-state index in [2.05, 4.69) is 96.7 Å². The highest BCUT2D eigenvalue weighted by atomic mass is 32.2. The lowest BCUT2D eigenvalue weighted by Gasteiger charge is -2.28. The summed E-state index contributed by atoms with van der Waals surface area (Å²) < 4.78 is 5.04. The molecule has 2 unspecified atom stereocenters. The monoisotopic (exact) mass is 564 g/mol. The number of anilines is 1. The zero-order valence-electron chi connectivity index (χ0n) is 24.8. The first-order valence-electron chi connectivity index (χ1n) is 14.4. The number of ether oxygens (including phenoxy) is 1. The molecule has 3 N–H and O–H groups in total. The van der Waals surface area contributed by atoms with Crippen molar-refractivity contribution in [2.45, 2.75) is 56.3 Å². The fraction of sp³-hybridized carbons (Fsp3) is 0.286. The molecule has 212 valence electrons. The minimum absolute atomic E-state index is 0.00985. The van der Waals surface area contributed by atoms with Crippen LogP contribution in [-0.2, 0) is 5.41 Å². The minimum atomic E-state index is 0.00985. The fourth-order valence-electron chi connectivity index (χ4n) is 5.62. The summed E-state index contributed by atoms with van der Waals surface area (Å²) in [5, 5.41) is 10.9. The Bertz CT molecular complexity index is 1510. The molecule has 4 aliphatic rings. The van der Waals surface area contributed by atoms with E-state index in [0.29, 0.717) is 0 Å².